The van der Waals surface area contributed by atoms with Gasteiger partial charge in [-0.2, -0.15) is 0 Å². The third-order valence-electron chi connectivity index (χ3n) is 2.52. The molecule has 1 nitrogen and oxygen atoms in total. The summed E-state index contributed by atoms with van der Waals surface area (Å²) in [6.07, 6.45) is 3.19. The van der Waals surface area contributed by atoms with Gasteiger partial charge >= 0.3 is 0 Å². The summed E-state index contributed by atoms with van der Waals surface area (Å²) in [6.45, 7) is 13.5. The summed E-state index contributed by atoms with van der Waals surface area (Å²) in [5.74, 6) is 0. The Balaban J connectivity index is 4.43. The van der Waals surface area contributed by atoms with E-state index in [1.807, 2.05) is 0 Å². The summed E-state index contributed by atoms with van der Waals surface area (Å²) in [6, 6.07) is 0. The molecule has 0 fully saturated rings. The molecule has 0 unspecified atom stereocenters. The van der Waals surface area contributed by atoms with Crippen molar-refractivity contribution in [2.75, 3.05) is 0 Å². The second-order valence-corrected chi connectivity index (χ2v) is 10.6. The molecule has 0 spiro atoms. The van der Waals surface area contributed by atoms with Gasteiger partial charge in [0.1, 0.15) is 3.77 Å². The second-order valence-electron chi connectivity index (χ2n) is 4.78. The largest absolute Gasteiger partial charge is 0.540 e. The molecule has 3 heteroatoms. The zero-order chi connectivity index (χ0) is 10.7. The van der Waals surface area contributed by atoms with Gasteiger partial charge in [0.05, 0.1) is 0 Å². The molecule has 0 saturated carbocycles. The summed E-state index contributed by atoms with van der Waals surface area (Å²) in [5.41, 5.74) is 0. The smallest absolute Gasteiger partial charge is 0.251 e. The number of allylic oxidation sites excluding steroid dienone is 1. The van der Waals surface area contributed by atoms with E-state index >= 15 is 0 Å². The highest BCUT2D eigenvalue weighted by Crippen LogP contribution is 2.38. The van der Waals surface area contributed by atoms with E-state index in [-0.39, 0.29) is 0 Å². The monoisotopic (exact) mass is 312 g/mol. The maximum atomic E-state index is 6.03. The minimum atomic E-state index is -1.58. The summed E-state index contributed by atoms with van der Waals surface area (Å²) in [4.78, 5) is 0. The molecule has 0 aliphatic rings. The molecule has 0 aromatic rings. The molecule has 0 N–H and O–H groups in total. The van der Waals surface area contributed by atoms with E-state index in [9.17, 15) is 0 Å². The zero-order valence-electron chi connectivity index (χ0n) is 9.57. The van der Waals surface area contributed by atoms with Crippen LogP contribution < -0.4 is 0 Å². The van der Waals surface area contributed by atoms with E-state index in [0.717, 1.165) is 10.2 Å². The number of rotatable bonds is 3. The molecule has 0 rings (SSSR count). The minimum Gasteiger partial charge on any atom is -0.540 e. The van der Waals surface area contributed by atoms with Crippen LogP contribution in [0.3, 0.4) is 0 Å². The van der Waals surface area contributed by atoms with Gasteiger partial charge in [0.25, 0.3) is 8.32 Å². The SMILES string of the molecule is CCC=C(I)O[Si](C)(C)C(C)(C)C. The van der Waals surface area contributed by atoms with Crippen LogP contribution in [0.15, 0.2) is 9.84 Å². The van der Waals surface area contributed by atoms with Crippen molar-refractivity contribution in [3.63, 3.8) is 0 Å². The first-order chi connectivity index (χ1) is 5.70. The standard InChI is InChI=1S/C10H21IOSi/c1-7-8-9(11)12-13(5,6)10(2,3)4/h8H,7H2,1-6H3. The third kappa shape index (κ3) is 4.49. The van der Waals surface area contributed by atoms with Crippen LogP contribution in [0.5, 0.6) is 0 Å². The van der Waals surface area contributed by atoms with Crippen molar-refractivity contribution in [3.05, 3.63) is 9.84 Å². The maximum Gasteiger partial charge on any atom is 0.251 e. The molecule has 0 aromatic heterocycles. The van der Waals surface area contributed by atoms with Crippen molar-refractivity contribution in [1.82, 2.24) is 0 Å². The molecule has 0 aromatic carbocycles. The summed E-state index contributed by atoms with van der Waals surface area (Å²) in [5, 5.41) is 0.297. The molecule has 0 radical (unpaired) electrons. The van der Waals surface area contributed by atoms with Gasteiger partial charge in [-0.05, 0) is 53.2 Å². The molecular weight excluding hydrogens is 291 g/mol. The third-order valence-corrected chi connectivity index (χ3v) is 7.94. The predicted molar refractivity (Wildman–Crippen MR) is 70.7 cm³/mol. The van der Waals surface area contributed by atoms with Crippen LogP contribution in [0.25, 0.3) is 0 Å². The van der Waals surface area contributed by atoms with Crippen molar-refractivity contribution in [2.24, 2.45) is 0 Å². The fourth-order valence-electron chi connectivity index (χ4n) is 0.599. The lowest BCUT2D eigenvalue weighted by molar-refractivity contribution is 0.422. The maximum absolute atomic E-state index is 6.03. The van der Waals surface area contributed by atoms with Crippen LogP contribution in [-0.4, -0.2) is 8.32 Å². The fourth-order valence-corrected chi connectivity index (χ4v) is 3.57. The molecule has 13 heavy (non-hydrogen) atoms. The lowest BCUT2D eigenvalue weighted by atomic mass is 10.2. The molecule has 0 heterocycles. The van der Waals surface area contributed by atoms with Crippen molar-refractivity contribution in [3.8, 4) is 0 Å². The van der Waals surface area contributed by atoms with E-state index in [1.54, 1.807) is 0 Å². The van der Waals surface area contributed by atoms with Gasteiger partial charge in [-0.25, -0.2) is 0 Å². The molecule has 0 saturated heterocycles. The Bertz CT molecular complexity index is 192. The van der Waals surface area contributed by atoms with Gasteiger partial charge in [-0.15, -0.1) is 0 Å². The van der Waals surface area contributed by atoms with Gasteiger partial charge in [0.2, 0.25) is 0 Å². The molecule has 0 bridgehead atoms. The Morgan fingerprint density at radius 1 is 1.38 bits per heavy atom. The predicted octanol–water partition coefficient (Wildman–Crippen LogP) is 4.69. The highest BCUT2D eigenvalue weighted by molar-refractivity contribution is 14.1. The second kappa shape index (κ2) is 4.82. The van der Waals surface area contributed by atoms with E-state index in [0.29, 0.717) is 5.04 Å². The van der Waals surface area contributed by atoms with Crippen LogP contribution in [0.4, 0.5) is 0 Å². The first-order valence-corrected chi connectivity index (χ1v) is 8.74. The molecule has 0 atom stereocenters. The van der Waals surface area contributed by atoms with Crippen molar-refractivity contribution in [2.45, 2.75) is 52.2 Å². The van der Waals surface area contributed by atoms with Crippen LogP contribution >= 0.6 is 22.6 Å². The van der Waals surface area contributed by atoms with Gasteiger partial charge < -0.3 is 4.43 Å². The average Bonchev–Trinajstić information content (AvgIpc) is 1.83. The molecule has 0 aliphatic carbocycles. The summed E-state index contributed by atoms with van der Waals surface area (Å²) in [7, 11) is -1.58. The summed E-state index contributed by atoms with van der Waals surface area (Å²) >= 11 is 2.28. The molecule has 78 valence electrons. The van der Waals surface area contributed by atoms with Gasteiger partial charge in [-0.1, -0.05) is 27.7 Å². The van der Waals surface area contributed by atoms with Gasteiger partial charge in [-0.3, -0.25) is 0 Å². The zero-order valence-corrected chi connectivity index (χ0v) is 12.7. The first kappa shape index (κ1) is 13.5. The van der Waals surface area contributed by atoms with Crippen LogP contribution in [0.2, 0.25) is 18.1 Å². The lowest BCUT2D eigenvalue weighted by Crippen LogP contribution is -2.39. The number of halogens is 1. The normalized spacial score (nSPS) is 14.5. The van der Waals surface area contributed by atoms with Crippen LogP contribution in [0, 0.1) is 0 Å². The van der Waals surface area contributed by atoms with Crippen molar-refractivity contribution < 1.29 is 4.43 Å². The van der Waals surface area contributed by atoms with Crippen molar-refractivity contribution in [1.29, 1.82) is 0 Å². The summed E-state index contributed by atoms with van der Waals surface area (Å²) < 4.78 is 7.09. The Labute approximate surface area is 97.2 Å². The van der Waals surface area contributed by atoms with E-state index in [2.05, 4.69) is 69.5 Å². The Morgan fingerprint density at radius 3 is 2.15 bits per heavy atom. The number of hydrogen-bond donors (Lipinski definition) is 0. The quantitative estimate of drug-likeness (QED) is 0.417. The van der Waals surface area contributed by atoms with E-state index in [1.165, 1.54) is 0 Å². The van der Waals surface area contributed by atoms with Crippen LogP contribution in [0.1, 0.15) is 34.1 Å². The first-order valence-electron chi connectivity index (χ1n) is 4.75. The minimum absolute atomic E-state index is 0.297. The highest BCUT2D eigenvalue weighted by atomic mass is 127. The molecule has 0 aliphatic heterocycles. The Kier molecular flexibility index (Phi) is 5.00. The van der Waals surface area contributed by atoms with E-state index in [4.69, 9.17) is 4.43 Å². The Hall–Kier alpha value is 0.487. The van der Waals surface area contributed by atoms with Gasteiger partial charge in [0.15, 0.2) is 0 Å². The molecule has 0 amide bonds. The van der Waals surface area contributed by atoms with Crippen molar-refractivity contribution >= 4 is 30.9 Å². The Morgan fingerprint density at radius 2 is 1.85 bits per heavy atom. The highest BCUT2D eigenvalue weighted by Gasteiger charge is 2.39. The fraction of sp³-hybridized carbons (Fsp3) is 0.800. The average molecular weight is 312 g/mol. The van der Waals surface area contributed by atoms with E-state index < -0.39 is 8.32 Å². The number of hydrogen-bond acceptors (Lipinski definition) is 1. The van der Waals surface area contributed by atoms with Gasteiger partial charge in [0, 0.05) is 0 Å². The topological polar surface area (TPSA) is 9.23 Å². The van der Waals surface area contributed by atoms with Crippen LogP contribution in [-0.2, 0) is 4.43 Å². The molecular formula is C10H21IOSi. The lowest BCUT2D eigenvalue weighted by Gasteiger charge is -2.36.